The smallest absolute Gasteiger partial charge is 0.357 e. The molecule has 9 heteroatoms. The minimum Gasteiger partial charge on any atom is -0.451 e. The molecule has 8 nitrogen and oxygen atoms in total. The van der Waals surface area contributed by atoms with E-state index in [1.54, 1.807) is 12.1 Å². The van der Waals surface area contributed by atoms with Crippen molar-refractivity contribution in [2.45, 2.75) is 24.2 Å². The number of hydrogen-bond donors (Lipinski definition) is 1. The quantitative estimate of drug-likeness (QED) is 0.740. The van der Waals surface area contributed by atoms with Gasteiger partial charge in [0.05, 0.1) is 4.90 Å². The van der Waals surface area contributed by atoms with Crippen molar-refractivity contribution >= 4 is 27.6 Å². The first-order valence-corrected chi connectivity index (χ1v) is 10.4. The van der Waals surface area contributed by atoms with Gasteiger partial charge in [-0.05, 0) is 49.2 Å². The lowest BCUT2D eigenvalue weighted by Crippen LogP contribution is -2.35. The average molecular weight is 403 g/mol. The first kappa shape index (κ1) is 20.0. The molecule has 148 valence electrons. The van der Waals surface area contributed by atoms with Gasteiger partial charge in [0.1, 0.15) is 5.69 Å². The predicted molar refractivity (Wildman–Crippen MR) is 102 cm³/mol. The molecule has 2 aromatic rings. The first-order valence-electron chi connectivity index (χ1n) is 8.95. The summed E-state index contributed by atoms with van der Waals surface area (Å²) in [6, 6.07) is 10.7. The highest BCUT2D eigenvalue weighted by molar-refractivity contribution is 7.89. The number of ether oxygens (including phenoxy) is 1. The van der Waals surface area contributed by atoms with Crippen LogP contribution in [0.3, 0.4) is 0 Å². The maximum atomic E-state index is 12.6. The van der Waals surface area contributed by atoms with Gasteiger partial charge in [-0.15, -0.1) is 0 Å². The molecule has 1 aromatic heterocycles. The van der Waals surface area contributed by atoms with Crippen LogP contribution in [0.5, 0.6) is 0 Å². The van der Waals surface area contributed by atoms with Gasteiger partial charge in [0.2, 0.25) is 10.0 Å². The molecule has 1 amide bonds. The van der Waals surface area contributed by atoms with E-state index < -0.39 is 28.5 Å². The van der Waals surface area contributed by atoms with Crippen molar-refractivity contribution in [1.82, 2.24) is 9.29 Å². The Morgan fingerprint density at radius 3 is 2.39 bits per heavy atom. The van der Waals surface area contributed by atoms with Crippen molar-refractivity contribution < 1.29 is 22.7 Å². The molecule has 1 saturated heterocycles. The summed E-state index contributed by atoms with van der Waals surface area (Å²) in [5.41, 5.74) is 0.527. The van der Waals surface area contributed by atoms with E-state index in [1.165, 1.54) is 40.8 Å². The molecule has 0 atom stereocenters. The molecule has 1 aliphatic heterocycles. The molecule has 0 saturated carbocycles. The van der Waals surface area contributed by atoms with Gasteiger partial charge in [-0.1, -0.05) is 12.5 Å². The number of sulfonamides is 1. The van der Waals surface area contributed by atoms with Gasteiger partial charge in [0.15, 0.2) is 6.61 Å². The van der Waals surface area contributed by atoms with Crippen molar-refractivity contribution in [3.63, 3.8) is 0 Å². The zero-order valence-corrected chi connectivity index (χ0v) is 16.0. The number of hydrogen-bond acceptors (Lipinski definition) is 6. The Hall–Kier alpha value is -2.78. The number of pyridine rings is 1. The minimum atomic E-state index is -3.52. The first-order chi connectivity index (χ1) is 13.5. The maximum Gasteiger partial charge on any atom is 0.357 e. The van der Waals surface area contributed by atoms with Crippen LogP contribution < -0.4 is 5.32 Å². The van der Waals surface area contributed by atoms with Crippen molar-refractivity contribution in [3.8, 4) is 0 Å². The van der Waals surface area contributed by atoms with Crippen molar-refractivity contribution in [2.75, 3.05) is 25.0 Å². The molecule has 1 aromatic carbocycles. The number of aromatic nitrogens is 1. The molecule has 28 heavy (non-hydrogen) atoms. The van der Waals surface area contributed by atoms with Crippen LogP contribution in [-0.4, -0.2) is 49.3 Å². The molecule has 0 bridgehead atoms. The number of nitrogens with zero attached hydrogens (tertiary/aromatic N) is 2. The second-order valence-corrected chi connectivity index (χ2v) is 8.27. The standard InChI is InChI=1S/C19H21N3O5S/c23-18(14-27-19(24)17-6-2-3-11-20-17)21-15-7-9-16(10-8-15)28(25,26)22-12-4-1-5-13-22/h2-3,6-11H,1,4-5,12-14H2,(H,21,23). The average Bonchev–Trinajstić information content (AvgIpc) is 2.73. The van der Waals surface area contributed by atoms with Crippen LogP contribution in [0.15, 0.2) is 53.6 Å². The number of benzene rings is 1. The lowest BCUT2D eigenvalue weighted by Gasteiger charge is -2.25. The van der Waals surface area contributed by atoms with E-state index in [1.807, 2.05) is 0 Å². The minimum absolute atomic E-state index is 0.113. The van der Waals surface area contributed by atoms with Crippen LogP contribution in [-0.2, 0) is 19.6 Å². The van der Waals surface area contributed by atoms with Crippen LogP contribution >= 0.6 is 0 Å². The molecule has 0 radical (unpaired) electrons. The summed E-state index contributed by atoms with van der Waals surface area (Å²) >= 11 is 0. The Labute approximate surface area is 163 Å². The zero-order chi connectivity index (χ0) is 20.0. The Bertz CT molecular complexity index is 924. The lowest BCUT2D eigenvalue weighted by molar-refractivity contribution is -0.119. The van der Waals surface area contributed by atoms with Gasteiger partial charge in [0, 0.05) is 25.0 Å². The van der Waals surface area contributed by atoms with E-state index in [2.05, 4.69) is 10.3 Å². The SMILES string of the molecule is O=C(COC(=O)c1ccccn1)Nc1ccc(S(=O)(=O)N2CCCCC2)cc1. The van der Waals surface area contributed by atoms with Gasteiger partial charge >= 0.3 is 5.97 Å². The van der Waals surface area contributed by atoms with Gasteiger partial charge in [0.25, 0.3) is 5.91 Å². The largest absolute Gasteiger partial charge is 0.451 e. The van der Waals surface area contributed by atoms with E-state index in [0.717, 1.165) is 19.3 Å². The summed E-state index contributed by atoms with van der Waals surface area (Å²) < 4.78 is 31.6. The fraction of sp³-hybridized carbons (Fsp3) is 0.316. The topological polar surface area (TPSA) is 106 Å². The molecule has 0 spiro atoms. The number of nitrogens with one attached hydrogen (secondary N) is 1. The maximum absolute atomic E-state index is 12.6. The zero-order valence-electron chi connectivity index (χ0n) is 15.2. The van der Waals surface area contributed by atoms with E-state index >= 15 is 0 Å². The normalized spacial score (nSPS) is 15.0. The number of piperidine rings is 1. The molecule has 1 N–H and O–H groups in total. The van der Waals surface area contributed by atoms with E-state index in [4.69, 9.17) is 4.74 Å². The summed E-state index contributed by atoms with van der Waals surface area (Å²) in [6.07, 6.45) is 4.23. The third-order valence-corrected chi connectivity index (χ3v) is 6.21. The Kier molecular flexibility index (Phi) is 6.37. The van der Waals surface area contributed by atoms with Crippen LogP contribution in [0.1, 0.15) is 29.8 Å². The summed E-state index contributed by atoms with van der Waals surface area (Å²) in [5.74, 6) is -1.23. The van der Waals surface area contributed by atoms with E-state index in [-0.39, 0.29) is 10.6 Å². The van der Waals surface area contributed by atoms with Gasteiger partial charge < -0.3 is 10.1 Å². The fourth-order valence-corrected chi connectivity index (χ4v) is 4.37. The number of anilines is 1. The molecule has 1 fully saturated rings. The summed E-state index contributed by atoms with van der Waals surface area (Å²) in [6.45, 7) is 0.591. The fourth-order valence-electron chi connectivity index (χ4n) is 2.85. The lowest BCUT2D eigenvalue weighted by atomic mass is 10.2. The molecular weight excluding hydrogens is 382 g/mol. The third-order valence-electron chi connectivity index (χ3n) is 4.30. The number of amides is 1. The van der Waals surface area contributed by atoms with Crippen LogP contribution in [0.25, 0.3) is 0 Å². The Morgan fingerprint density at radius 1 is 1.04 bits per heavy atom. The van der Waals surface area contributed by atoms with Crippen LogP contribution in [0, 0.1) is 0 Å². The molecule has 0 unspecified atom stereocenters. The van der Waals surface area contributed by atoms with Crippen molar-refractivity contribution in [1.29, 1.82) is 0 Å². The highest BCUT2D eigenvalue weighted by Gasteiger charge is 2.25. The van der Waals surface area contributed by atoms with Crippen LogP contribution in [0.4, 0.5) is 5.69 Å². The van der Waals surface area contributed by atoms with E-state index in [0.29, 0.717) is 18.8 Å². The number of carbonyl (C=O) groups is 2. The van der Waals surface area contributed by atoms with Crippen molar-refractivity contribution in [2.24, 2.45) is 0 Å². The summed E-state index contributed by atoms with van der Waals surface area (Å²) in [7, 11) is -3.52. The highest BCUT2D eigenvalue weighted by atomic mass is 32.2. The highest BCUT2D eigenvalue weighted by Crippen LogP contribution is 2.22. The van der Waals surface area contributed by atoms with Gasteiger partial charge in [-0.2, -0.15) is 4.31 Å². The summed E-state index contributed by atoms with van der Waals surface area (Å²) in [5, 5.41) is 2.56. The number of esters is 1. The Balaban J connectivity index is 1.55. The van der Waals surface area contributed by atoms with E-state index in [9.17, 15) is 18.0 Å². The van der Waals surface area contributed by atoms with Gasteiger partial charge in [-0.3, -0.25) is 4.79 Å². The third kappa shape index (κ3) is 4.93. The molecule has 3 rings (SSSR count). The Morgan fingerprint density at radius 2 is 1.75 bits per heavy atom. The number of rotatable bonds is 6. The molecule has 2 heterocycles. The molecule has 0 aliphatic carbocycles. The summed E-state index contributed by atoms with van der Waals surface area (Å²) in [4.78, 5) is 27.7. The monoisotopic (exact) mass is 403 g/mol. The van der Waals surface area contributed by atoms with Crippen molar-refractivity contribution in [3.05, 3.63) is 54.4 Å². The second-order valence-electron chi connectivity index (χ2n) is 6.33. The predicted octanol–water partition coefficient (Wildman–Crippen LogP) is 2.05. The number of carbonyl (C=O) groups excluding carboxylic acids is 2. The molecule has 1 aliphatic rings. The molecular formula is C19H21N3O5S. The second kappa shape index (κ2) is 8.94. The van der Waals surface area contributed by atoms with Crippen LogP contribution in [0.2, 0.25) is 0 Å². The van der Waals surface area contributed by atoms with Gasteiger partial charge in [-0.25, -0.2) is 18.2 Å².